The number of rotatable bonds is 5. The van der Waals surface area contributed by atoms with Crippen molar-refractivity contribution in [3.63, 3.8) is 0 Å². The van der Waals surface area contributed by atoms with Crippen LogP contribution in [0.4, 0.5) is 5.69 Å². The summed E-state index contributed by atoms with van der Waals surface area (Å²) >= 11 is 0. The number of aliphatic hydroxyl groups excluding tert-OH is 1. The third-order valence-electron chi connectivity index (χ3n) is 2.76. The summed E-state index contributed by atoms with van der Waals surface area (Å²) in [6, 6.07) is 5.22. The van der Waals surface area contributed by atoms with Gasteiger partial charge in [0.1, 0.15) is 6.61 Å². The fraction of sp³-hybridized carbons (Fsp3) is 0.500. The van der Waals surface area contributed by atoms with E-state index in [0.29, 0.717) is 29.7 Å². The van der Waals surface area contributed by atoms with Crippen LogP contribution < -0.4 is 15.2 Å². The third kappa shape index (κ3) is 2.58. The summed E-state index contributed by atoms with van der Waals surface area (Å²) < 4.78 is 10.7. The first-order valence-corrected chi connectivity index (χ1v) is 5.45. The maximum Gasteiger partial charge on any atom is 0.162 e. The second-order valence-electron chi connectivity index (χ2n) is 4.13. The molecule has 0 heterocycles. The molecule has 1 fully saturated rings. The summed E-state index contributed by atoms with van der Waals surface area (Å²) in [4.78, 5) is 0. The van der Waals surface area contributed by atoms with Crippen LogP contribution in [-0.2, 0) is 0 Å². The van der Waals surface area contributed by atoms with E-state index in [1.807, 2.05) is 0 Å². The zero-order valence-electron chi connectivity index (χ0n) is 9.35. The zero-order chi connectivity index (χ0) is 11.5. The lowest BCUT2D eigenvalue weighted by Crippen LogP contribution is -2.19. The third-order valence-corrected chi connectivity index (χ3v) is 2.76. The topological polar surface area (TPSA) is 64.7 Å². The Morgan fingerprint density at radius 1 is 1.44 bits per heavy atom. The number of methoxy groups -OCH3 is 1. The highest BCUT2D eigenvalue weighted by Crippen LogP contribution is 2.34. The molecule has 0 aliphatic heterocycles. The van der Waals surface area contributed by atoms with Gasteiger partial charge in [0, 0.05) is 11.8 Å². The lowest BCUT2D eigenvalue weighted by atomic mass is 10.2. The average molecular weight is 223 g/mol. The van der Waals surface area contributed by atoms with Crippen LogP contribution in [0.25, 0.3) is 0 Å². The minimum atomic E-state index is -0.373. The Balaban J connectivity index is 1.97. The van der Waals surface area contributed by atoms with Crippen LogP contribution >= 0.6 is 0 Å². The molecule has 0 aromatic heterocycles. The Kier molecular flexibility index (Phi) is 3.19. The van der Waals surface area contributed by atoms with Gasteiger partial charge >= 0.3 is 0 Å². The molecule has 1 aromatic carbocycles. The van der Waals surface area contributed by atoms with E-state index in [2.05, 4.69) is 0 Å². The van der Waals surface area contributed by atoms with E-state index in [1.165, 1.54) is 0 Å². The van der Waals surface area contributed by atoms with Gasteiger partial charge in [0.25, 0.3) is 0 Å². The van der Waals surface area contributed by atoms with Gasteiger partial charge < -0.3 is 20.3 Å². The predicted octanol–water partition coefficient (Wildman–Crippen LogP) is 1.43. The fourth-order valence-corrected chi connectivity index (χ4v) is 1.60. The molecule has 1 aliphatic carbocycles. The van der Waals surface area contributed by atoms with Crippen LogP contribution in [0.2, 0.25) is 0 Å². The molecule has 0 bridgehead atoms. The van der Waals surface area contributed by atoms with Gasteiger partial charge in [0.05, 0.1) is 13.2 Å². The molecule has 0 radical (unpaired) electrons. The van der Waals surface area contributed by atoms with Crippen molar-refractivity contribution < 1.29 is 14.6 Å². The van der Waals surface area contributed by atoms with E-state index >= 15 is 0 Å². The molecule has 16 heavy (non-hydrogen) atoms. The predicted molar refractivity (Wildman–Crippen MR) is 61.6 cm³/mol. The number of anilines is 1. The molecular weight excluding hydrogens is 206 g/mol. The monoisotopic (exact) mass is 223 g/mol. The van der Waals surface area contributed by atoms with Crippen LogP contribution in [0.1, 0.15) is 12.8 Å². The molecule has 4 heteroatoms. The molecule has 0 spiro atoms. The number of hydrogen-bond acceptors (Lipinski definition) is 4. The van der Waals surface area contributed by atoms with E-state index in [4.69, 9.17) is 15.2 Å². The van der Waals surface area contributed by atoms with Crippen molar-refractivity contribution in [2.45, 2.75) is 18.9 Å². The number of hydrogen-bond donors (Lipinski definition) is 2. The van der Waals surface area contributed by atoms with Crippen LogP contribution in [-0.4, -0.2) is 24.9 Å². The second kappa shape index (κ2) is 4.61. The van der Waals surface area contributed by atoms with Crippen LogP contribution in [0.3, 0.4) is 0 Å². The van der Waals surface area contributed by atoms with E-state index in [-0.39, 0.29) is 6.10 Å². The molecule has 3 N–H and O–H groups in total. The van der Waals surface area contributed by atoms with Crippen LogP contribution in [0.5, 0.6) is 11.5 Å². The Hall–Kier alpha value is -1.42. The normalized spacial score (nSPS) is 16.9. The molecule has 4 nitrogen and oxygen atoms in total. The first kappa shape index (κ1) is 11.1. The number of benzene rings is 1. The molecule has 1 aliphatic rings. The highest BCUT2D eigenvalue weighted by molar-refractivity contribution is 5.51. The minimum absolute atomic E-state index is 0.310. The van der Waals surface area contributed by atoms with E-state index in [9.17, 15) is 5.11 Å². The average Bonchev–Trinajstić information content (AvgIpc) is 3.10. The molecule has 1 aromatic rings. The van der Waals surface area contributed by atoms with Gasteiger partial charge in [0.15, 0.2) is 11.5 Å². The van der Waals surface area contributed by atoms with E-state index in [0.717, 1.165) is 12.8 Å². The van der Waals surface area contributed by atoms with Gasteiger partial charge in [-0.05, 0) is 30.9 Å². The molecule has 0 amide bonds. The fourth-order valence-electron chi connectivity index (χ4n) is 1.60. The van der Waals surface area contributed by atoms with E-state index in [1.54, 1.807) is 25.3 Å². The van der Waals surface area contributed by atoms with Gasteiger partial charge in [0.2, 0.25) is 0 Å². The zero-order valence-corrected chi connectivity index (χ0v) is 9.35. The summed E-state index contributed by atoms with van der Waals surface area (Å²) in [6.45, 7) is 0.310. The SMILES string of the molecule is COc1cc(N)ccc1OC[C@@H](O)C1CC1. The summed E-state index contributed by atoms with van der Waals surface area (Å²) in [7, 11) is 1.57. The Morgan fingerprint density at radius 3 is 2.81 bits per heavy atom. The summed E-state index contributed by atoms with van der Waals surface area (Å²) in [5, 5.41) is 9.68. The number of aliphatic hydroxyl groups is 1. The first-order valence-electron chi connectivity index (χ1n) is 5.45. The summed E-state index contributed by atoms with van der Waals surface area (Å²) in [5.74, 6) is 1.64. The quantitative estimate of drug-likeness (QED) is 0.741. The smallest absolute Gasteiger partial charge is 0.162 e. The van der Waals surface area contributed by atoms with Crippen molar-refractivity contribution in [3.8, 4) is 11.5 Å². The number of nitrogens with two attached hydrogens (primary N) is 1. The van der Waals surface area contributed by atoms with Crippen molar-refractivity contribution in [1.29, 1.82) is 0 Å². The van der Waals surface area contributed by atoms with Crippen LogP contribution in [0, 0.1) is 5.92 Å². The Bertz CT molecular complexity index is 363. The maximum absolute atomic E-state index is 9.68. The van der Waals surface area contributed by atoms with Crippen molar-refractivity contribution in [2.75, 3.05) is 19.5 Å². The van der Waals surface area contributed by atoms with Gasteiger partial charge in [-0.3, -0.25) is 0 Å². The Labute approximate surface area is 95.0 Å². The molecular formula is C12H17NO3. The van der Waals surface area contributed by atoms with Crippen molar-refractivity contribution >= 4 is 5.69 Å². The van der Waals surface area contributed by atoms with Gasteiger partial charge in [-0.15, -0.1) is 0 Å². The summed E-state index contributed by atoms with van der Waals surface area (Å²) in [5.41, 5.74) is 6.26. The molecule has 2 rings (SSSR count). The van der Waals surface area contributed by atoms with Gasteiger partial charge in [-0.25, -0.2) is 0 Å². The largest absolute Gasteiger partial charge is 0.493 e. The van der Waals surface area contributed by atoms with Crippen molar-refractivity contribution in [3.05, 3.63) is 18.2 Å². The van der Waals surface area contributed by atoms with Gasteiger partial charge in [-0.1, -0.05) is 0 Å². The maximum atomic E-state index is 9.68. The lowest BCUT2D eigenvalue weighted by Gasteiger charge is -2.14. The van der Waals surface area contributed by atoms with Crippen molar-refractivity contribution in [2.24, 2.45) is 5.92 Å². The van der Waals surface area contributed by atoms with Gasteiger partial charge in [-0.2, -0.15) is 0 Å². The summed E-state index contributed by atoms with van der Waals surface area (Å²) in [6.07, 6.45) is 1.83. The lowest BCUT2D eigenvalue weighted by molar-refractivity contribution is 0.0880. The standard InChI is InChI=1S/C12H17NO3/c1-15-12-6-9(13)4-5-11(12)16-7-10(14)8-2-3-8/h4-6,8,10,14H,2-3,7,13H2,1H3/t10-/m1/s1. The number of nitrogen functional groups attached to an aromatic ring is 1. The van der Waals surface area contributed by atoms with Crippen LogP contribution in [0.15, 0.2) is 18.2 Å². The second-order valence-corrected chi connectivity index (χ2v) is 4.13. The molecule has 1 atom stereocenters. The highest BCUT2D eigenvalue weighted by Gasteiger charge is 2.30. The minimum Gasteiger partial charge on any atom is -0.493 e. The van der Waals surface area contributed by atoms with E-state index < -0.39 is 0 Å². The molecule has 0 unspecified atom stereocenters. The molecule has 0 saturated heterocycles. The Morgan fingerprint density at radius 2 is 2.19 bits per heavy atom. The molecule has 1 saturated carbocycles. The highest BCUT2D eigenvalue weighted by atomic mass is 16.5. The first-order chi connectivity index (χ1) is 7.70. The van der Waals surface area contributed by atoms with Crippen molar-refractivity contribution in [1.82, 2.24) is 0 Å². The number of ether oxygens (including phenoxy) is 2. The molecule has 88 valence electrons.